The summed E-state index contributed by atoms with van der Waals surface area (Å²) in [6, 6.07) is 7.26. The summed E-state index contributed by atoms with van der Waals surface area (Å²) in [5.74, 6) is 0.464. The summed E-state index contributed by atoms with van der Waals surface area (Å²) >= 11 is 0. The Hall–Kier alpha value is -1.55. The van der Waals surface area contributed by atoms with Crippen LogP contribution < -0.4 is 10.1 Å². The third kappa shape index (κ3) is 3.74. The molecule has 0 heterocycles. The van der Waals surface area contributed by atoms with Gasteiger partial charge in [0, 0.05) is 0 Å². The van der Waals surface area contributed by atoms with Gasteiger partial charge < -0.3 is 15.2 Å². The fourth-order valence-corrected chi connectivity index (χ4v) is 1.65. The number of aliphatic hydroxyl groups excluding tert-OH is 1. The normalized spacial score (nSPS) is 13.8. The summed E-state index contributed by atoms with van der Waals surface area (Å²) in [6.07, 6.45) is 0.720. The third-order valence-electron chi connectivity index (χ3n) is 3.07. The molecule has 2 unspecified atom stereocenters. The minimum absolute atomic E-state index is 0.0302. The minimum atomic E-state index is -0.239. The van der Waals surface area contributed by atoms with Crippen LogP contribution in [0.2, 0.25) is 0 Å². The second-order valence-corrected chi connectivity index (χ2v) is 4.29. The predicted molar refractivity (Wildman–Crippen MR) is 70.7 cm³/mol. The Balaban J connectivity index is 2.67. The van der Waals surface area contributed by atoms with E-state index in [1.807, 2.05) is 38.1 Å². The van der Waals surface area contributed by atoms with Gasteiger partial charge in [0.25, 0.3) is 0 Å². The molecule has 1 aromatic carbocycles. The van der Waals surface area contributed by atoms with Gasteiger partial charge in [0.15, 0.2) is 0 Å². The maximum atomic E-state index is 12.0. The quantitative estimate of drug-likeness (QED) is 0.809. The largest absolute Gasteiger partial charge is 0.497 e. The molecule has 100 valence electrons. The second-order valence-electron chi connectivity index (χ2n) is 4.29. The number of carbonyl (C=O) groups is 1. The van der Waals surface area contributed by atoms with Gasteiger partial charge in [0.05, 0.1) is 25.7 Å². The molecule has 0 fully saturated rings. The average molecular weight is 251 g/mol. The van der Waals surface area contributed by atoms with Crippen LogP contribution in [0.3, 0.4) is 0 Å². The van der Waals surface area contributed by atoms with E-state index in [9.17, 15) is 4.79 Å². The van der Waals surface area contributed by atoms with Crippen LogP contribution in [-0.2, 0) is 4.79 Å². The molecule has 4 nitrogen and oxygen atoms in total. The highest BCUT2D eigenvalue weighted by atomic mass is 16.5. The molecule has 0 spiro atoms. The molecule has 0 aromatic heterocycles. The Labute approximate surface area is 108 Å². The van der Waals surface area contributed by atoms with Gasteiger partial charge in [-0.2, -0.15) is 0 Å². The molecule has 0 aliphatic rings. The van der Waals surface area contributed by atoms with Crippen LogP contribution in [-0.4, -0.2) is 30.8 Å². The van der Waals surface area contributed by atoms with E-state index < -0.39 is 0 Å². The Morgan fingerprint density at radius 3 is 2.44 bits per heavy atom. The van der Waals surface area contributed by atoms with E-state index in [2.05, 4.69) is 5.32 Å². The van der Waals surface area contributed by atoms with Crippen molar-refractivity contribution in [2.45, 2.75) is 32.2 Å². The fourth-order valence-electron chi connectivity index (χ4n) is 1.65. The van der Waals surface area contributed by atoms with Crippen molar-refractivity contribution in [3.8, 4) is 5.75 Å². The second kappa shape index (κ2) is 7.01. The Morgan fingerprint density at radius 1 is 1.39 bits per heavy atom. The first-order chi connectivity index (χ1) is 8.62. The number of methoxy groups -OCH3 is 1. The van der Waals surface area contributed by atoms with Crippen LogP contribution in [0, 0.1) is 0 Å². The van der Waals surface area contributed by atoms with Gasteiger partial charge in [-0.3, -0.25) is 4.79 Å². The number of nitrogens with one attached hydrogen (secondary N) is 1. The third-order valence-corrected chi connectivity index (χ3v) is 3.07. The average Bonchev–Trinajstić information content (AvgIpc) is 2.43. The van der Waals surface area contributed by atoms with Gasteiger partial charge in [-0.05, 0) is 31.0 Å². The van der Waals surface area contributed by atoms with Gasteiger partial charge in [-0.25, -0.2) is 0 Å². The lowest BCUT2D eigenvalue weighted by atomic mass is 10.00. The van der Waals surface area contributed by atoms with Crippen molar-refractivity contribution in [3.63, 3.8) is 0 Å². The van der Waals surface area contributed by atoms with E-state index in [4.69, 9.17) is 9.84 Å². The van der Waals surface area contributed by atoms with Crippen LogP contribution in [0.15, 0.2) is 24.3 Å². The van der Waals surface area contributed by atoms with Crippen molar-refractivity contribution in [3.05, 3.63) is 29.8 Å². The Kier molecular flexibility index (Phi) is 5.65. The van der Waals surface area contributed by atoms with Crippen molar-refractivity contribution in [2.75, 3.05) is 13.7 Å². The highest BCUT2D eigenvalue weighted by molar-refractivity contribution is 5.83. The first-order valence-electron chi connectivity index (χ1n) is 6.17. The zero-order valence-corrected chi connectivity index (χ0v) is 11.1. The molecular formula is C14H21NO3. The molecule has 1 rings (SSSR count). The molecule has 18 heavy (non-hydrogen) atoms. The van der Waals surface area contributed by atoms with E-state index in [0.717, 1.165) is 17.7 Å². The van der Waals surface area contributed by atoms with Crippen molar-refractivity contribution in [1.82, 2.24) is 5.32 Å². The molecule has 2 atom stereocenters. The van der Waals surface area contributed by atoms with Gasteiger partial charge in [0.1, 0.15) is 5.75 Å². The topological polar surface area (TPSA) is 58.6 Å². The molecule has 1 amide bonds. The number of ether oxygens (including phenoxy) is 1. The summed E-state index contributed by atoms with van der Waals surface area (Å²) in [7, 11) is 1.61. The Morgan fingerprint density at radius 2 is 2.00 bits per heavy atom. The molecule has 0 aliphatic heterocycles. The van der Waals surface area contributed by atoms with E-state index in [0.29, 0.717) is 0 Å². The maximum Gasteiger partial charge on any atom is 0.227 e. The number of hydrogen-bond donors (Lipinski definition) is 2. The smallest absolute Gasteiger partial charge is 0.227 e. The highest BCUT2D eigenvalue weighted by Crippen LogP contribution is 2.19. The number of rotatable bonds is 6. The molecule has 0 saturated carbocycles. The Bertz CT molecular complexity index is 371. The predicted octanol–water partition coefficient (Wildman–Crippen LogP) is 1.69. The van der Waals surface area contributed by atoms with E-state index in [-0.39, 0.29) is 24.5 Å². The summed E-state index contributed by atoms with van der Waals surface area (Å²) in [5, 5.41) is 11.9. The first kappa shape index (κ1) is 14.5. The zero-order chi connectivity index (χ0) is 13.5. The minimum Gasteiger partial charge on any atom is -0.497 e. The number of benzene rings is 1. The molecule has 2 N–H and O–H groups in total. The number of amides is 1. The van der Waals surface area contributed by atoms with Crippen molar-refractivity contribution < 1.29 is 14.6 Å². The molecular weight excluding hydrogens is 230 g/mol. The fraction of sp³-hybridized carbons (Fsp3) is 0.500. The lowest BCUT2D eigenvalue weighted by molar-refractivity contribution is -0.123. The van der Waals surface area contributed by atoms with Crippen LogP contribution in [0.25, 0.3) is 0 Å². The van der Waals surface area contributed by atoms with Gasteiger partial charge in [0.2, 0.25) is 5.91 Å². The first-order valence-corrected chi connectivity index (χ1v) is 6.17. The van der Waals surface area contributed by atoms with Crippen molar-refractivity contribution in [1.29, 1.82) is 0 Å². The lowest BCUT2D eigenvalue weighted by Crippen LogP contribution is -2.39. The van der Waals surface area contributed by atoms with Crippen molar-refractivity contribution >= 4 is 5.91 Å². The van der Waals surface area contributed by atoms with E-state index in [1.165, 1.54) is 0 Å². The summed E-state index contributed by atoms with van der Waals surface area (Å²) in [6.45, 7) is 3.75. The van der Waals surface area contributed by atoms with Crippen LogP contribution >= 0.6 is 0 Å². The number of carbonyl (C=O) groups excluding carboxylic acids is 1. The molecule has 1 aromatic rings. The van der Waals surface area contributed by atoms with Crippen LogP contribution in [0.4, 0.5) is 0 Å². The van der Waals surface area contributed by atoms with E-state index in [1.54, 1.807) is 7.11 Å². The van der Waals surface area contributed by atoms with Crippen LogP contribution in [0.1, 0.15) is 31.7 Å². The molecule has 0 radical (unpaired) electrons. The summed E-state index contributed by atoms with van der Waals surface area (Å²) in [4.78, 5) is 12.0. The van der Waals surface area contributed by atoms with Gasteiger partial charge in [-0.15, -0.1) is 0 Å². The highest BCUT2D eigenvalue weighted by Gasteiger charge is 2.17. The summed E-state index contributed by atoms with van der Waals surface area (Å²) < 4.78 is 5.08. The number of hydrogen-bond acceptors (Lipinski definition) is 3. The lowest BCUT2D eigenvalue weighted by Gasteiger charge is -2.18. The molecule has 0 saturated heterocycles. The van der Waals surface area contributed by atoms with Gasteiger partial charge in [-0.1, -0.05) is 19.1 Å². The maximum absolute atomic E-state index is 12.0. The van der Waals surface area contributed by atoms with Gasteiger partial charge >= 0.3 is 0 Å². The SMILES string of the molecule is CCC(CO)NC(=O)C(C)c1ccc(OC)cc1. The van der Waals surface area contributed by atoms with Crippen LogP contribution in [0.5, 0.6) is 5.75 Å². The molecule has 0 bridgehead atoms. The zero-order valence-electron chi connectivity index (χ0n) is 11.1. The monoisotopic (exact) mass is 251 g/mol. The molecule has 4 heteroatoms. The summed E-state index contributed by atoms with van der Waals surface area (Å²) in [5.41, 5.74) is 0.932. The van der Waals surface area contributed by atoms with E-state index >= 15 is 0 Å². The molecule has 0 aliphatic carbocycles. The standard InChI is InChI=1S/C14H21NO3/c1-4-12(9-16)15-14(17)10(2)11-5-7-13(18-3)8-6-11/h5-8,10,12,16H,4,9H2,1-3H3,(H,15,17). The number of aliphatic hydroxyl groups is 1. The van der Waals surface area contributed by atoms with Crippen molar-refractivity contribution in [2.24, 2.45) is 0 Å².